The molecule has 1 unspecified atom stereocenters. The lowest BCUT2D eigenvalue weighted by atomic mass is 10.1. The van der Waals surface area contributed by atoms with E-state index < -0.39 is 5.97 Å². The third kappa shape index (κ3) is 3.44. The van der Waals surface area contributed by atoms with E-state index in [2.05, 4.69) is 22.1 Å². The minimum atomic E-state index is -0.932. The minimum absolute atomic E-state index is 0.249. The van der Waals surface area contributed by atoms with E-state index in [-0.39, 0.29) is 11.6 Å². The maximum absolute atomic E-state index is 11.2. The van der Waals surface area contributed by atoms with Crippen LogP contribution in [-0.4, -0.2) is 46.6 Å². The topological polar surface area (TPSA) is 65.5 Å². The molecule has 0 amide bonds. The summed E-state index contributed by atoms with van der Waals surface area (Å²) in [6.45, 7) is 7.13. The molecule has 0 aromatic carbocycles. The quantitative estimate of drug-likeness (QED) is 0.869. The van der Waals surface area contributed by atoms with E-state index in [4.69, 9.17) is 0 Å². The summed E-state index contributed by atoms with van der Waals surface area (Å²) in [5, 5.41) is 12.5. The van der Waals surface area contributed by atoms with Gasteiger partial charge in [-0.15, -0.1) is 0 Å². The number of anilines is 1. The molecule has 1 aliphatic heterocycles. The molecule has 104 valence electrons. The van der Waals surface area contributed by atoms with Crippen molar-refractivity contribution in [2.75, 3.05) is 25.0 Å². The van der Waals surface area contributed by atoms with Crippen molar-refractivity contribution < 1.29 is 9.90 Å². The lowest BCUT2D eigenvalue weighted by Gasteiger charge is -2.32. The fourth-order valence-electron chi connectivity index (χ4n) is 2.49. The maximum Gasteiger partial charge on any atom is 0.339 e. The molecule has 0 spiro atoms. The van der Waals surface area contributed by atoms with Crippen LogP contribution in [0.2, 0.25) is 0 Å². The summed E-state index contributed by atoms with van der Waals surface area (Å²) in [5.74, 6) is -0.436. The van der Waals surface area contributed by atoms with Gasteiger partial charge >= 0.3 is 5.97 Å². The van der Waals surface area contributed by atoms with Crippen LogP contribution >= 0.6 is 0 Å². The highest BCUT2D eigenvalue weighted by molar-refractivity contribution is 5.93. The monoisotopic (exact) mass is 263 g/mol. The van der Waals surface area contributed by atoms with E-state index in [1.54, 1.807) is 12.1 Å². The van der Waals surface area contributed by atoms with Crippen LogP contribution in [0.15, 0.2) is 12.1 Å². The van der Waals surface area contributed by atoms with Gasteiger partial charge in [-0.25, -0.2) is 9.78 Å². The number of nitrogens with zero attached hydrogens (tertiary/aromatic N) is 2. The Balaban J connectivity index is 2.13. The molecular formula is C14H21N3O2. The first-order chi connectivity index (χ1) is 9.10. The standard InChI is InChI=1S/C14H21N3O2/c1-3-17-8-4-5-11(9-17)16-13-12(14(18)19)7-6-10(2)15-13/h6-7,11H,3-5,8-9H2,1-2H3,(H,15,16)(H,18,19). The van der Waals surface area contributed by atoms with Crippen molar-refractivity contribution in [3.05, 3.63) is 23.4 Å². The Kier molecular flexibility index (Phi) is 4.37. The highest BCUT2D eigenvalue weighted by Gasteiger charge is 2.21. The van der Waals surface area contributed by atoms with E-state index in [0.29, 0.717) is 5.82 Å². The van der Waals surface area contributed by atoms with Crippen LogP contribution in [0.4, 0.5) is 5.82 Å². The molecule has 2 rings (SSSR count). The van der Waals surface area contributed by atoms with E-state index in [1.807, 2.05) is 6.92 Å². The number of aromatic nitrogens is 1. The largest absolute Gasteiger partial charge is 0.478 e. The molecule has 0 radical (unpaired) electrons. The van der Waals surface area contributed by atoms with Crippen molar-refractivity contribution in [3.8, 4) is 0 Å². The van der Waals surface area contributed by atoms with Crippen molar-refractivity contribution in [1.29, 1.82) is 0 Å². The second-order valence-electron chi connectivity index (χ2n) is 5.03. The summed E-state index contributed by atoms with van der Waals surface area (Å²) in [6.07, 6.45) is 2.20. The predicted octanol–water partition coefficient (Wildman–Crippen LogP) is 1.98. The zero-order valence-electron chi connectivity index (χ0n) is 11.5. The number of carbonyl (C=O) groups is 1. The van der Waals surface area contributed by atoms with Crippen molar-refractivity contribution >= 4 is 11.8 Å². The second kappa shape index (κ2) is 6.02. The van der Waals surface area contributed by atoms with Gasteiger partial charge in [-0.2, -0.15) is 0 Å². The van der Waals surface area contributed by atoms with Crippen molar-refractivity contribution in [2.45, 2.75) is 32.7 Å². The maximum atomic E-state index is 11.2. The van der Waals surface area contributed by atoms with Crippen LogP contribution < -0.4 is 5.32 Å². The molecule has 1 aromatic rings. The van der Waals surface area contributed by atoms with Gasteiger partial charge in [-0.3, -0.25) is 0 Å². The van der Waals surface area contributed by atoms with E-state index in [1.165, 1.54) is 0 Å². The first-order valence-corrected chi connectivity index (χ1v) is 6.80. The molecule has 0 aliphatic carbocycles. The van der Waals surface area contributed by atoms with Crippen LogP contribution in [0, 0.1) is 6.92 Å². The molecule has 1 aliphatic rings. The van der Waals surface area contributed by atoms with Crippen LogP contribution in [-0.2, 0) is 0 Å². The zero-order chi connectivity index (χ0) is 13.8. The van der Waals surface area contributed by atoms with Gasteiger partial charge in [-0.05, 0) is 45.0 Å². The number of rotatable bonds is 4. The molecule has 2 N–H and O–H groups in total. The smallest absolute Gasteiger partial charge is 0.339 e. The summed E-state index contributed by atoms with van der Waals surface area (Å²) < 4.78 is 0. The Morgan fingerprint density at radius 3 is 3.05 bits per heavy atom. The predicted molar refractivity (Wildman–Crippen MR) is 74.7 cm³/mol. The Bertz CT molecular complexity index is 462. The fraction of sp³-hybridized carbons (Fsp3) is 0.571. The number of aromatic carboxylic acids is 1. The number of likely N-dealkylation sites (tertiary alicyclic amines) is 1. The Morgan fingerprint density at radius 1 is 1.58 bits per heavy atom. The summed E-state index contributed by atoms with van der Waals surface area (Å²) in [6, 6.07) is 3.63. The SMILES string of the molecule is CCN1CCCC(Nc2nc(C)ccc2C(=O)O)C1. The summed E-state index contributed by atoms with van der Waals surface area (Å²) in [5.41, 5.74) is 1.08. The van der Waals surface area contributed by atoms with Crippen molar-refractivity contribution in [3.63, 3.8) is 0 Å². The van der Waals surface area contributed by atoms with Gasteiger partial charge in [0.25, 0.3) is 0 Å². The number of nitrogens with one attached hydrogen (secondary N) is 1. The third-order valence-corrected chi connectivity index (χ3v) is 3.56. The molecule has 1 fully saturated rings. The van der Waals surface area contributed by atoms with Crippen LogP contribution in [0.25, 0.3) is 0 Å². The summed E-state index contributed by atoms with van der Waals surface area (Å²) >= 11 is 0. The van der Waals surface area contributed by atoms with Crippen molar-refractivity contribution in [2.24, 2.45) is 0 Å². The molecule has 1 aromatic heterocycles. The zero-order valence-corrected chi connectivity index (χ0v) is 11.5. The number of hydrogen-bond acceptors (Lipinski definition) is 4. The highest BCUT2D eigenvalue weighted by atomic mass is 16.4. The minimum Gasteiger partial charge on any atom is -0.478 e. The molecule has 19 heavy (non-hydrogen) atoms. The normalized spacial score (nSPS) is 20.2. The first kappa shape index (κ1) is 13.8. The number of likely N-dealkylation sites (N-methyl/N-ethyl adjacent to an activating group) is 1. The fourth-order valence-corrected chi connectivity index (χ4v) is 2.49. The number of pyridine rings is 1. The molecule has 5 nitrogen and oxygen atoms in total. The second-order valence-corrected chi connectivity index (χ2v) is 5.03. The Hall–Kier alpha value is -1.62. The molecule has 5 heteroatoms. The molecule has 2 heterocycles. The van der Waals surface area contributed by atoms with Gasteiger partial charge in [-0.1, -0.05) is 6.92 Å². The van der Waals surface area contributed by atoms with Gasteiger partial charge in [0.05, 0.1) is 0 Å². The van der Waals surface area contributed by atoms with E-state index in [9.17, 15) is 9.90 Å². The summed E-state index contributed by atoms with van der Waals surface area (Å²) in [4.78, 5) is 17.9. The van der Waals surface area contributed by atoms with Crippen LogP contribution in [0.1, 0.15) is 35.8 Å². The van der Waals surface area contributed by atoms with Gasteiger partial charge in [0.2, 0.25) is 0 Å². The first-order valence-electron chi connectivity index (χ1n) is 6.80. The molecule has 0 bridgehead atoms. The number of aryl methyl sites for hydroxylation is 1. The van der Waals surface area contributed by atoms with Gasteiger partial charge in [0.15, 0.2) is 0 Å². The molecule has 0 saturated carbocycles. The number of carboxylic acids is 1. The average Bonchev–Trinajstić information content (AvgIpc) is 2.38. The Labute approximate surface area is 113 Å². The molecule has 1 saturated heterocycles. The lowest BCUT2D eigenvalue weighted by Crippen LogP contribution is -2.42. The summed E-state index contributed by atoms with van der Waals surface area (Å²) in [7, 11) is 0. The third-order valence-electron chi connectivity index (χ3n) is 3.56. The van der Waals surface area contributed by atoms with Gasteiger partial charge < -0.3 is 15.3 Å². The van der Waals surface area contributed by atoms with Gasteiger partial charge in [0, 0.05) is 18.3 Å². The number of piperidine rings is 1. The van der Waals surface area contributed by atoms with E-state index >= 15 is 0 Å². The Morgan fingerprint density at radius 2 is 2.37 bits per heavy atom. The average molecular weight is 263 g/mol. The van der Waals surface area contributed by atoms with Gasteiger partial charge in [0.1, 0.15) is 11.4 Å². The number of carboxylic acid groups (broad SMARTS) is 1. The van der Waals surface area contributed by atoms with Crippen LogP contribution in [0.3, 0.4) is 0 Å². The molecule has 1 atom stereocenters. The highest BCUT2D eigenvalue weighted by Crippen LogP contribution is 2.18. The van der Waals surface area contributed by atoms with Crippen molar-refractivity contribution in [1.82, 2.24) is 9.88 Å². The molecular weight excluding hydrogens is 242 g/mol. The lowest BCUT2D eigenvalue weighted by molar-refractivity contribution is 0.0697. The van der Waals surface area contributed by atoms with E-state index in [0.717, 1.165) is 38.2 Å². The number of hydrogen-bond donors (Lipinski definition) is 2. The van der Waals surface area contributed by atoms with Crippen LogP contribution in [0.5, 0.6) is 0 Å².